The molecule has 0 bridgehead atoms. The van der Waals surface area contributed by atoms with Crippen molar-refractivity contribution in [3.63, 3.8) is 0 Å². The molecular formula is C15H22N2O2. The summed E-state index contributed by atoms with van der Waals surface area (Å²) in [4.78, 5) is 25.8. The van der Waals surface area contributed by atoms with Gasteiger partial charge in [0.1, 0.15) is 0 Å². The first-order valence-electron chi connectivity index (χ1n) is 6.81. The van der Waals surface area contributed by atoms with Crippen LogP contribution in [0, 0.1) is 0 Å². The molecule has 2 rings (SSSR count). The highest BCUT2D eigenvalue weighted by atomic mass is 16.2. The Kier molecular flexibility index (Phi) is 5.10. The van der Waals surface area contributed by atoms with E-state index in [0.29, 0.717) is 12.5 Å². The van der Waals surface area contributed by atoms with Crippen LogP contribution in [0.4, 0.5) is 0 Å². The summed E-state index contributed by atoms with van der Waals surface area (Å²) in [6.45, 7) is 10.5. The Morgan fingerprint density at radius 1 is 1.21 bits per heavy atom. The molecule has 4 nitrogen and oxygen atoms in total. The number of rotatable bonds is 2. The van der Waals surface area contributed by atoms with Gasteiger partial charge >= 0.3 is 11.1 Å². The Bertz CT molecular complexity index is 666. The van der Waals surface area contributed by atoms with Crippen LogP contribution in [0.5, 0.6) is 0 Å². The molecular weight excluding hydrogens is 240 g/mol. The van der Waals surface area contributed by atoms with Crippen molar-refractivity contribution in [2.45, 2.75) is 47.1 Å². The second kappa shape index (κ2) is 6.36. The molecule has 0 aliphatic carbocycles. The van der Waals surface area contributed by atoms with Crippen LogP contribution in [-0.2, 0) is 6.54 Å². The molecule has 0 fully saturated rings. The molecule has 0 unspecified atom stereocenters. The molecule has 0 spiro atoms. The number of fused-ring (bicyclic) bond motifs is 1. The van der Waals surface area contributed by atoms with Gasteiger partial charge in [-0.05, 0) is 30.5 Å². The molecule has 1 N–H and O–H groups in total. The molecule has 0 saturated carbocycles. The highest BCUT2D eigenvalue weighted by molar-refractivity contribution is 5.75. The number of H-pyrrole nitrogens is 1. The van der Waals surface area contributed by atoms with E-state index in [0.717, 1.165) is 16.6 Å². The van der Waals surface area contributed by atoms with E-state index in [-0.39, 0.29) is 0 Å². The molecule has 2 aromatic rings. The van der Waals surface area contributed by atoms with E-state index < -0.39 is 11.1 Å². The lowest BCUT2D eigenvalue weighted by molar-refractivity contribution is 0.743. The van der Waals surface area contributed by atoms with Crippen molar-refractivity contribution >= 4 is 11.0 Å². The molecule has 0 saturated heterocycles. The van der Waals surface area contributed by atoms with Gasteiger partial charge in [0.05, 0.1) is 11.0 Å². The summed E-state index contributed by atoms with van der Waals surface area (Å²) in [6.07, 6.45) is 0. The predicted octanol–water partition coefficient (Wildman–Crippen LogP) is 2.86. The Morgan fingerprint density at radius 3 is 2.37 bits per heavy atom. The molecule has 0 amide bonds. The number of hydrogen-bond acceptors (Lipinski definition) is 2. The maximum absolute atomic E-state index is 11.7. The van der Waals surface area contributed by atoms with E-state index in [4.69, 9.17) is 0 Å². The highest BCUT2D eigenvalue weighted by Gasteiger charge is 2.07. The molecule has 0 atom stereocenters. The van der Waals surface area contributed by atoms with Crippen LogP contribution < -0.4 is 11.1 Å². The summed E-state index contributed by atoms with van der Waals surface area (Å²) < 4.78 is 1.50. The van der Waals surface area contributed by atoms with E-state index in [1.165, 1.54) is 4.57 Å². The van der Waals surface area contributed by atoms with Gasteiger partial charge in [0.2, 0.25) is 0 Å². The third-order valence-electron chi connectivity index (χ3n) is 2.98. The molecule has 0 aliphatic heterocycles. The fourth-order valence-corrected chi connectivity index (χ4v) is 1.97. The number of nitrogens with one attached hydrogen (secondary N) is 1. The zero-order chi connectivity index (χ0) is 14.6. The van der Waals surface area contributed by atoms with E-state index >= 15 is 0 Å². The van der Waals surface area contributed by atoms with Gasteiger partial charge in [-0.1, -0.05) is 33.8 Å². The Balaban J connectivity index is 0.000000861. The second-order valence-electron chi connectivity index (χ2n) is 4.43. The van der Waals surface area contributed by atoms with Crippen LogP contribution in [0.15, 0.2) is 27.8 Å². The summed E-state index contributed by atoms with van der Waals surface area (Å²) in [6, 6.07) is 5.83. The van der Waals surface area contributed by atoms with Gasteiger partial charge in [-0.15, -0.1) is 0 Å². The first-order chi connectivity index (χ1) is 9.04. The third kappa shape index (κ3) is 2.95. The maximum atomic E-state index is 11.7. The lowest BCUT2D eigenvalue weighted by atomic mass is 10.0. The predicted molar refractivity (Wildman–Crippen MR) is 79.9 cm³/mol. The average Bonchev–Trinajstić information content (AvgIpc) is 2.42. The van der Waals surface area contributed by atoms with Crippen molar-refractivity contribution in [2.24, 2.45) is 0 Å². The van der Waals surface area contributed by atoms with E-state index in [2.05, 4.69) is 18.8 Å². The number of nitrogens with zero attached hydrogens (tertiary/aromatic N) is 1. The van der Waals surface area contributed by atoms with Crippen LogP contribution in [0.3, 0.4) is 0 Å². The summed E-state index contributed by atoms with van der Waals surface area (Å²) in [5.41, 5.74) is 1.61. The first kappa shape index (κ1) is 15.2. The minimum Gasteiger partial charge on any atom is -0.316 e. The van der Waals surface area contributed by atoms with Crippen LogP contribution in [-0.4, -0.2) is 9.55 Å². The van der Waals surface area contributed by atoms with Gasteiger partial charge in [0.25, 0.3) is 0 Å². The number of aromatic amines is 1. The molecule has 19 heavy (non-hydrogen) atoms. The van der Waals surface area contributed by atoms with E-state index in [9.17, 15) is 9.59 Å². The van der Waals surface area contributed by atoms with Crippen LogP contribution in [0.25, 0.3) is 11.0 Å². The molecule has 0 radical (unpaired) electrons. The summed E-state index contributed by atoms with van der Waals surface area (Å²) >= 11 is 0. The number of aromatic nitrogens is 2. The average molecular weight is 262 g/mol. The van der Waals surface area contributed by atoms with Crippen molar-refractivity contribution in [1.29, 1.82) is 0 Å². The van der Waals surface area contributed by atoms with E-state index in [1.807, 2.05) is 39.0 Å². The lowest BCUT2D eigenvalue weighted by Crippen LogP contribution is -2.36. The fourth-order valence-electron chi connectivity index (χ4n) is 1.97. The number of hydrogen-bond donors (Lipinski definition) is 1. The van der Waals surface area contributed by atoms with Gasteiger partial charge in [-0.2, -0.15) is 0 Å². The third-order valence-corrected chi connectivity index (χ3v) is 2.98. The Labute approximate surface area is 113 Å². The number of benzene rings is 1. The van der Waals surface area contributed by atoms with Crippen LogP contribution in [0.2, 0.25) is 0 Å². The largest absolute Gasteiger partial charge is 0.316 e. The van der Waals surface area contributed by atoms with Crippen molar-refractivity contribution in [2.75, 3.05) is 0 Å². The quantitative estimate of drug-likeness (QED) is 0.846. The van der Waals surface area contributed by atoms with Gasteiger partial charge in [-0.3, -0.25) is 9.59 Å². The molecule has 0 aliphatic rings. The number of aryl methyl sites for hydroxylation is 1. The van der Waals surface area contributed by atoms with Gasteiger partial charge in [0, 0.05) is 6.54 Å². The van der Waals surface area contributed by atoms with Gasteiger partial charge < -0.3 is 9.55 Å². The maximum Gasteiger partial charge on any atom is 0.316 e. The zero-order valence-electron chi connectivity index (χ0n) is 12.3. The molecule has 104 valence electrons. The molecule has 4 heteroatoms. The molecule has 1 aromatic heterocycles. The monoisotopic (exact) mass is 262 g/mol. The summed E-state index contributed by atoms with van der Waals surface area (Å²) in [5, 5.41) is 0. The summed E-state index contributed by atoms with van der Waals surface area (Å²) in [7, 11) is 0. The smallest absolute Gasteiger partial charge is 0.316 e. The Hall–Kier alpha value is -1.84. The van der Waals surface area contributed by atoms with Crippen LogP contribution in [0.1, 0.15) is 46.1 Å². The van der Waals surface area contributed by atoms with E-state index in [1.54, 1.807) is 0 Å². The van der Waals surface area contributed by atoms with Crippen LogP contribution >= 0.6 is 0 Å². The fraction of sp³-hybridized carbons (Fsp3) is 0.467. The SMILES string of the molecule is CC.CCn1c(=O)c(=O)[nH]c2cc(C(C)C)ccc21. The topological polar surface area (TPSA) is 54.9 Å². The van der Waals surface area contributed by atoms with Crippen molar-refractivity contribution in [1.82, 2.24) is 9.55 Å². The van der Waals surface area contributed by atoms with Crippen molar-refractivity contribution in [3.8, 4) is 0 Å². The van der Waals surface area contributed by atoms with Gasteiger partial charge in [0.15, 0.2) is 0 Å². The second-order valence-corrected chi connectivity index (χ2v) is 4.43. The minimum absolute atomic E-state index is 0.393. The highest BCUT2D eigenvalue weighted by Crippen LogP contribution is 2.18. The standard InChI is InChI=1S/C13H16N2O2.C2H6/c1-4-15-11-6-5-9(8(2)3)7-10(11)14-12(16)13(15)17;1-2/h5-8H,4H2,1-3H3,(H,14,16);1-2H3. The summed E-state index contributed by atoms with van der Waals surface area (Å²) in [5.74, 6) is 0.393. The molecule has 1 aromatic carbocycles. The van der Waals surface area contributed by atoms with Gasteiger partial charge in [-0.25, -0.2) is 0 Å². The zero-order valence-corrected chi connectivity index (χ0v) is 12.3. The minimum atomic E-state index is -0.555. The first-order valence-corrected chi connectivity index (χ1v) is 6.81. The Morgan fingerprint density at radius 2 is 1.84 bits per heavy atom. The van der Waals surface area contributed by atoms with Crippen molar-refractivity contribution in [3.05, 3.63) is 44.5 Å². The lowest BCUT2D eigenvalue weighted by Gasteiger charge is -2.10. The van der Waals surface area contributed by atoms with Crippen molar-refractivity contribution < 1.29 is 0 Å². The molecule has 1 heterocycles. The normalized spacial score (nSPS) is 10.4.